The number of nitrogens with one attached hydrogen (secondary N) is 2. The van der Waals surface area contributed by atoms with Crippen molar-refractivity contribution >= 4 is 17.6 Å². The predicted molar refractivity (Wildman–Crippen MR) is 37.5 cm³/mol. The standard InChI is InChI=1S/C4H4ClN3O4/c5-2-1-4(10,8(11)12)7-3(9)6-2/h1,10H,(H2,6,7,9). The monoisotopic (exact) mass is 193 g/mol. The van der Waals surface area contributed by atoms with Crippen LogP contribution in [0.5, 0.6) is 0 Å². The van der Waals surface area contributed by atoms with Gasteiger partial charge in [0.15, 0.2) is 0 Å². The van der Waals surface area contributed by atoms with Crippen LogP contribution in [0.4, 0.5) is 4.79 Å². The van der Waals surface area contributed by atoms with E-state index in [1.807, 2.05) is 5.32 Å². The molecule has 1 unspecified atom stereocenters. The van der Waals surface area contributed by atoms with Gasteiger partial charge in [-0.2, -0.15) is 0 Å². The van der Waals surface area contributed by atoms with Gasteiger partial charge in [0.05, 0.1) is 11.0 Å². The predicted octanol–water partition coefficient (Wildman–Crippen LogP) is -0.698. The van der Waals surface area contributed by atoms with Gasteiger partial charge >= 0.3 is 11.9 Å². The maximum absolute atomic E-state index is 10.6. The Hall–Kier alpha value is -1.34. The van der Waals surface area contributed by atoms with Crippen LogP contribution in [0, 0.1) is 10.1 Å². The van der Waals surface area contributed by atoms with Gasteiger partial charge in [0, 0.05) is 0 Å². The largest absolute Gasteiger partial charge is 0.432 e. The Bertz CT molecular complexity index is 277. The van der Waals surface area contributed by atoms with E-state index >= 15 is 0 Å². The first-order chi connectivity index (χ1) is 5.44. The van der Waals surface area contributed by atoms with Crippen LogP contribution in [-0.4, -0.2) is 21.9 Å². The number of hydrogen-bond acceptors (Lipinski definition) is 4. The third kappa shape index (κ3) is 1.46. The molecule has 66 valence electrons. The molecule has 2 amide bonds. The molecule has 0 aromatic rings. The minimum atomic E-state index is -2.61. The van der Waals surface area contributed by atoms with Crippen molar-refractivity contribution in [2.75, 3.05) is 0 Å². The molecular formula is C4H4ClN3O4. The second kappa shape index (κ2) is 2.61. The SMILES string of the molecule is O=C1NC(Cl)=CC(O)([N+](=O)[O-])N1. The van der Waals surface area contributed by atoms with Crippen LogP contribution in [0.1, 0.15) is 0 Å². The highest BCUT2D eigenvalue weighted by Gasteiger charge is 2.43. The van der Waals surface area contributed by atoms with Crippen molar-refractivity contribution < 1.29 is 14.8 Å². The summed E-state index contributed by atoms with van der Waals surface area (Å²) in [6.45, 7) is 0. The Kier molecular flexibility index (Phi) is 1.90. The van der Waals surface area contributed by atoms with Crippen LogP contribution in [-0.2, 0) is 0 Å². The van der Waals surface area contributed by atoms with Gasteiger partial charge < -0.3 is 5.11 Å². The molecule has 8 heteroatoms. The number of carbonyl (C=O) groups is 1. The molecular weight excluding hydrogens is 190 g/mol. The summed E-state index contributed by atoms with van der Waals surface area (Å²) in [6.07, 6.45) is 0.677. The average molecular weight is 194 g/mol. The summed E-state index contributed by atoms with van der Waals surface area (Å²) in [6, 6.07) is -0.929. The summed E-state index contributed by atoms with van der Waals surface area (Å²) in [5.41, 5.74) is 0. The molecule has 0 saturated heterocycles. The molecule has 1 aliphatic heterocycles. The number of amides is 2. The van der Waals surface area contributed by atoms with Gasteiger partial charge in [-0.25, -0.2) is 10.1 Å². The number of carbonyl (C=O) groups excluding carboxylic acids is 1. The van der Waals surface area contributed by atoms with E-state index in [9.17, 15) is 14.9 Å². The quantitative estimate of drug-likeness (QED) is 0.222. The number of rotatable bonds is 1. The van der Waals surface area contributed by atoms with Gasteiger partial charge in [-0.15, -0.1) is 0 Å². The minimum Gasteiger partial charge on any atom is -0.309 e. The molecule has 0 saturated carbocycles. The van der Waals surface area contributed by atoms with E-state index in [0.29, 0.717) is 6.08 Å². The second-order valence-corrected chi connectivity index (χ2v) is 2.46. The van der Waals surface area contributed by atoms with Gasteiger partial charge in [0.2, 0.25) is 0 Å². The number of halogens is 1. The van der Waals surface area contributed by atoms with E-state index < -0.39 is 16.8 Å². The van der Waals surface area contributed by atoms with Crippen molar-refractivity contribution in [1.82, 2.24) is 10.6 Å². The Morgan fingerprint density at radius 3 is 2.75 bits per heavy atom. The van der Waals surface area contributed by atoms with Crippen molar-refractivity contribution in [3.63, 3.8) is 0 Å². The van der Waals surface area contributed by atoms with E-state index in [4.69, 9.17) is 16.7 Å². The highest BCUT2D eigenvalue weighted by Crippen LogP contribution is 2.12. The molecule has 1 aliphatic rings. The first kappa shape index (κ1) is 8.75. The van der Waals surface area contributed by atoms with Gasteiger partial charge in [0.1, 0.15) is 5.16 Å². The van der Waals surface area contributed by atoms with Gasteiger partial charge in [-0.3, -0.25) is 15.4 Å². The lowest BCUT2D eigenvalue weighted by molar-refractivity contribution is -0.613. The summed E-state index contributed by atoms with van der Waals surface area (Å²) in [5.74, 6) is -2.61. The fraction of sp³-hybridized carbons (Fsp3) is 0.250. The van der Waals surface area contributed by atoms with Gasteiger partial charge in [0.25, 0.3) is 0 Å². The average Bonchev–Trinajstić information content (AvgIpc) is 1.82. The molecule has 1 rings (SSSR count). The van der Waals surface area contributed by atoms with E-state index in [1.165, 1.54) is 0 Å². The first-order valence-corrected chi connectivity index (χ1v) is 3.16. The Balaban J connectivity index is 2.99. The van der Waals surface area contributed by atoms with Crippen LogP contribution in [0.25, 0.3) is 0 Å². The van der Waals surface area contributed by atoms with E-state index in [2.05, 4.69) is 0 Å². The van der Waals surface area contributed by atoms with Gasteiger partial charge in [-0.05, 0) is 0 Å². The summed E-state index contributed by atoms with van der Waals surface area (Å²) >= 11 is 5.26. The zero-order chi connectivity index (χ0) is 9.35. The van der Waals surface area contributed by atoms with Crippen LogP contribution >= 0.6 is 11.6 Å². The smallest absolute Gasteiger partial charge is 0.309 e. The van der Waals surface area contributed by atoms with Crippen LogP contribution < -0.4 is 10.6 Å². The molecule has 0 aliphatic carbocycles. The number of hydrogen-bond donors (Lipinski definition) is 3. The molecule has 7 nitrogen and oxygen atoms in total. The highest BCUT2D eigenvalue weighted by molar-refractivity contribution is 6.30. The molecule has 1 atom stereocenters. The normalized spacial score (nSPS) is 28.5. The molecule has 12 heavy (non-hydrogen) atoms. The Morgan fingerprint density at radius 1 is 1.75 bits per heavy atom. The molecule has 3 N–H and O–H groups in total. The van der Waals surface area contributed by atoms with Crippen LogP contribution in [0.15, 0.2) is 11.2 Å². The molecule has 1 heterocycles. The molecule has 0 radical (unpaired) electrons. The van der Waals surface area contributed by atoms with Gasteiger partial charge in [-0.1, -0.05) is 11.6 Å². The van der Waals surface area contributed by atoms with Crippen molar-refractivity contribution in [1.29, 1.82) is 0 Å². The van der Waals surface area contributed by atoms with Crippen molar-refractivity contribution in [3.05, 3.63) is 21.3 Å². The topological polar surface area (TPSA) is 104 Å². The minimum absolute atomic E-state index is 0.294. The van der Waals surface area contributed by atoms with E-state index in [1.54, 1.807) is 5.32 Å². The number of nitrogens with zero attached hydrogens (tertiary/aromatic N) is 1. The van der Waals surface area contributed by atoms with Crippen LogP contribution in [0.2, 0.25) is 0 Å². The Labute approximate surface area is 71.2 Å². The van der Waals surface area contributed by atoms with E-state index in [0.717, 1.165) is 0 Å². The lowest BCUT2D eigenvalue weighted by Gasteiger charge is -2.21. The molecule has 0 fully saturated rings. The zero-order valence-electron chi connectivity index (χ0n) is 5.57. The third-order valence-corrected chi connectivity index (χ3v) is 1.34. The maximum atomic E-state index is 10.6. The second-order valence-electron chi connectivity index (χ2n) is 2.05. The fourth-order valence-electron chi connectivity index (χ4n) is 0.654. The molecule has 0 aromatic carbocycles. The maximum Gasteiger partial charge on any atom is 0.432 e. The van der Waals surface area contributed by atoms with Crippen molar-refractivity contribution in [2.24, 2.45) is 0 Å². The Morgan fingerprint density at radius 2 is 2.33 bits per heavy atom. The van der Waals surface area contributed by atoms with Crippen molar-refractivity contribution in [2.45, 2.75) is 5.85 Å². The highest BCUT2D eigenvalue weighted by atomic mass is 35.5. The van der Waals surface area contributed by atoms with Crippen LogP contribution in [0.3, 0.4) is 0 Å². The summed E-state index contributed by atoms with van der Waals surface area (Å²) < 4.78 is 0. The summed E-state index contributed by atoms with van der Waals surface area (Å²) in [5, 5.41) is 22.6. The number of aliphatic hydroxyl groups is 1. The summed E-state index contributed by atoms with van der Waals surface area (Å²) in [4.78, 5) is 19.7. The first-order valence-electron chi connectivity index (χ1n) is 2.78. The number of nitro groups is 1. The third-order valence-electron chi connectivity index (χ3n) is 1.14. The molecule has 0 spiro atoms. The zero-order valence-corrected chi connectivity index (χ0v) is 6.33. The molecule has 0 bridgehead atoms. The summed E-state index contributed by atoms with van der Waals surface area (Å²) in [7, 11) is 0. The lowest BCUT2D eigenvalue weighted by Crippen LogP contribution is -2.58. The lowest BCUT2D eigenvalue weighted by atomic mass is 10.3. The fourth-order valence-corrected chi connectivity index (χ4v) is 0.892. The molecule has 0 aromatic heterocycles. The number of urea groups is 1. The van der Waals surface area contributed by atoms with E-state index in [-0.39, 0.29) is 5.16 Å². The van der Waals surface area contributed by atoms with Crippen molar-refractivity contribution in [3.8, 4) is 0 Å².